The summed E-state index contributed by atoms with van der Waals surface area (Å²) in [6.45, 7) is 2.21. The zero-order valence-electron chi connectivity index (χ0n) is 21.6. The van der Waals surface area contributed by atoms with Gasteiger partial charge in [-0.2, -0.15) is 5.10 Å². The van der Waals surface area contributed by atoms with Crippen LogP contribution < -0.4 is 10.9 Å². The van der Waals surface area contributed by atoms with Gasteiger partial charge in [-0.15, -0.1) is 0 Å². The summed E-state index contributed by atoms with van der Waals surface area (Å²) in [4.78, 5) is 41.6. The van der Waals surface area contributed by atoms with E-state index in [1.165, 1.54) is 12.8 Å². The van der Waals surface area contributed by atoms with E-state index < -0.39 is 0 Å². The van der Waals surface area contributed by atoms with Gasteiger partial charge in [-0.25, -0.2) is 4.52 Å². The second-order valence-corrected chi connectivity index (χ2v) is 11.6. The fourth-order valence-electron chi connectivity index (χ4n) is 5.37. The number of hydrogen-bond donors (Lipinski definition) is 1. The van der Waals surface area contributed by atoms with Gasteiger partial charge in [0.15, 0.2) is 0 Å². The first-order valence-electron chi connectivity index (χ1n) is 13.0. The third kappa shape index (κ3) is 4.57. The molecule has 10 heteroatoms. The molecule has 1 fully saturated rings. The minimum absolute atomic E-state index is 0.117. The molecule has 0 radical (unpaired) electrons. The number of rotatable bonds is 5. The molecule has 39 heavy (non-hydrogen) atoms. The zero-order valence-corrected chi connectivity index (χ0v) is 23.9. The van der Waals surface area contributed by atoms with Crippen molar-refractivity contribution in [2.45, 2.75) is 45.2 Å². The lowest BCUT2D eigenvalue weighted by atomic mass is 9.98. The highest BCUT2D eigenvalue weighted by atomic mass is 79.9. The molecule has 200 valence electrons. The monoisotopic (exact) mass is 607 g/mol. The van der Waals surface area contributed by atoms with Gasteiger partial charge < -0.3 is 10.2 Å². The minimum Gasteiger partial charge on any atom is -0.355 e. The van der Waals surface area contributed by atoms with Gasteiger partial charge in [-0.05, 0) is 96.9 Å². The summed E-state index contributed by atoms with van der Waals surface area (Å²) in [6, 6.07) is 12.0. The van der Waals surface area contributed by atoms with Crippen LogP contribution in [0.4, 0.5) is 0 Å². The lowest BCUT2D eigenvalue weighted by Gasteiger charge is -2.35. The molecular formula is C29H27BrClN5O3. The van der Waals surface area contributed by atoms with Crippen LogP contribution in [0.25, 0.3) is 11.3 Å². The van der Waals surface area contributed by atoms with E-state index in [0.29, 0.717) is 45.4 Å². The van der Waals surface area contributed by atoms with Gasteiger partial charge in [0.25, 0.3) is 17.4 Å². The Morgan fingerprint density at radius 3 is 2.51 bits per heavy atom. The average molecular weight is 609 g/mol. The smallest absolute Gasteiger partial charge is 0.261 e. The van der Waals surface area contributed by atoms with Gasteiger partial charge in [0, 0.05) is 39.8 Å². The molecule has 1 N–H and O–H groups in total. The number of hydrogen-bond acceptors (Lipinski definition) is 4. The third-order valence-corrected chi connectivity index (χ3v) is 8.93. The van der Waals surface area contributed by atoms with Gasteiger partial charge in [0.2, 0.25) is 0 Å². The lowest BCUT2D eigenvalue weighted by molar-refractivity contribution is 0.0651. The largest absolute Gasteiger partial charge is 0.355 e. The number of nitrogens with zero attached hydrogens (tertiary/aromatic N) is 4. The van der Waals surface area contributed by atoms with Gasteiger partial charge in [-0.1, -0.05) is 11.6 Å². The normalized spacial score (nSPS) is 16.8. The SMILES string of the molecule is CNC(=O)c1ccc(-n2c(=O)c3c(n4ncc(CC5CC5)c24)CN(C(=O)c2ccc(Br)c(Cl)c2)[C@@H](C)C3)cc1. The Balaban J connectivity index is 1.48. The van der Waals surface area contributed by atoms with Crippen molar-refractivity contribution in [3.8, 4) is 5.69 Å². The maximum Gasteiger partial charge on any atom is 0.261 e. The van der Waals surface area contributed by atoms with E-state index in [2.05, 4.69) is 21.2 Å². The molecule has 3 heterocycles. The zero-order chi connectivity index (χ0) is 27.4. The van der Waals surface area contributed by atoms with Crippen molar-refractivity contribution in [2.75, 3.05) is 7.05 Å². The Morgan fingerprint density at radius 2 is 1.85 bits per heavy atom. The number of halogens is 2. The molecule has 1 aliphatic carbocycles. The van der Waals surface area contributed by atoms with Crippen molar-refractivity contribution >= 4 is 45.0 Å². The van der Waals surface area contributed by atoms with Gasteiger partial charge in [0.05, 0.1) is 29.1 Å². The molecule has 2 aromatic carbocycles. The van der Waals surface area contributed by atoms with Crippen molar-refractivity contribution in [3.05, 3.63) is 96.5 Å². The Bertz CT molecular complexity index is 1690. The standard InChI is InChI=1S/C29H27BrClN5O3/c1-16-11-22-25(15-34(16)28(38)19-7-10-23(30)24(31)13-19)36-27(20(14-33-36)12-17-3-4-17)35(29(22)39)21-8-5-18(6-9-21)26(37)32-2/h5-10,13-14,16-17H,3-4,11-12,15H2,1-2H3,(H,32,37)/t16-/m0/s1. The molecule has 0 bridgehead atoms. The van der Waals surface area contributed by atoms with Crippen molar-refractivity contribution < 1.29 is 9.59 Å². The summed E-state index contributed by atoms with van der Waals surface area (Å²) in [5, 5.41) is 7.84. The Hall–Kier alpha value is -3.43. The van der Waals surface area contributed by atoms with Crippen LogP contribution in [0.1, 0.15) is 57.3 Å². The summed E-state index contributed by atoms with van der Waals surface area (Å²) >= 11 is 9.66. The van der Waals surface area contributed by atoms with Crippen LogP contribution in [0.3, 0.4) is 0 Å². The topological polar surface area (TPSA) is 88.7 Å². The molecule has 4 aromatic rings. The van der Waals surface area contributed by atoms with Gasteiger partial charge in [-0.3, -0.25) is 19.0 Å². The number of benzene rings is 2. The van der Waals surface area contributed by atoms with Crippen molar-refractivity contribution in [3.63, 3.8) is 0 Å². The first-order chi connectivity index (χ1) is 18.8. The second kappa shape index (κ2) is 9.95. The van der Waals surface area contributed by atoms with E-state index in [4.69, 9.17) is 16.7 Å². The molecule has 0 saturated heterocycles. The predicted octanol–water partition coefficient (Wildman–Crippen LogP) is 4.80. The number of carbonyl (C=O) groups excluding carboxylic acids is 2. The number of nitrogens with one attached hydrogen (secondary N) is 1. The van der Waals surface area contributed by atoms with Crippen LogP contribution in [-0.2, 0) is 19.4 Å². The molecule has 0 spiro atoms. The molecule has 6 rings (SSSR count). The van der Waals surface area contributed by atoms with Gasteiger partial charge in [0.1, 0.15) is 5.65 Å². The fraction of sp³-hybridized carbons (Fsp3) is 0.310. The first-order valence-corrected chi connectivity index (χ1v) is 14.2. The number of carbonyl (C=O) groups is 2. The molecule has 1 atom stereocenters. The maximum absolute atomic E-state index is 14.1. The number of aromatic nitrogens is 3. The summed E-state index contributed by atoms with van der Waals surface area (Å²) in [6.07, 6.45) is 5.43. The Kier molecular flexibility index (Phi) is 6.59. The average Bonchev–Trinajstić information content (AvgIpc) is 3.67. The van der Waals surface area contributed by atoms with E-state index in [-0.39, 0.29) is 30.0 Å². The molecule has 2 aromatic heterocycles. The van der Waals surface area contributed by atoms with E-state index in [1.807, 2.05) is 17.6 Å². The van der Waals surface area contributed by atoms with Crippen LogP contribution in [0.2, 0.25) is 5.02 Å². The van der Waals surface area contributed by atoms with Crippen molar-refractivity contribution in [1.82, 2.24) is 24.4 Å². The van der Waals surface area contributed by atoms with Crippen LogP contribution in [-0.4, -0.2) is 44.0 Å². The highest BCUT2D eigenvalue weighted by Crippen LogP contribution is 2.35. The van der Waals surface area contributed by atoms with Crippen LogP contribution in [0, 0.1) is 5.92 Å². The van der Waals surface area contributed by atoms with Gasteiger partial charge >= 0.3 is 0 Å². The summed E-state index contributed by atoms with van der Waals surface area (Å²) in [5.41, 5.74) is 4.66. The molecule has 1 aliphatic heterocycles. The van der Waals surface area contributed by atoms with E-state index in [9.17, 15) is 14.4 Å². The van der Waals surface area contributed by atoms with Crippen LogP contribution in [0.5, 0.6) is 0 Å². The fourth-order valence-corrected chi connectivity index (χ4v) is 5.80. The van der Waals surface area contributed by atoms with Crippen LogP contribution in [0.15, 0.2) is 57.9 Å². The lowest BCUT2D eigenvalue weighted by Crippen LogP contribution is -2.46. The molecule has 1 saturated carbocycles. The van der Waals surface area contributed by atoms with E-state index in [1.54, 1.807) is 59.0 Å². The molecule has 2 aliphatic rings. The maximum atomic E-state index is 14.1. The van der Waals surface area contributed by atoms with Crippen LogP contribution >= 0.6 is 27.5 Å². The number of fused-ring (bicyclic) bond motifs is 3. The quantitative estimate of drug-likeness (QED) is 0.353. The van der Waals surface area contributed by atoms with E-state index >= 15 is 0 Å². The van der Waals surface area contributed by atoms with Crippen molar-refractivity contribution in [2.24, 2.45) is 5.92 Å². The third-order valence-electron chi connectivity index (χ3n) is 7.69. The second-order valence-electron chi connectivity index (χ2n) is 10.4. The predicted molar refractivity (Wildman–Crippen MR) is 153 cm³/mol. The summed E-state index contributed by atoms with van der Waals surface area (Å²) in [5.74, 6) is 0.261. The van der Waals surface area contributed by atoms with Crippen molar-refractivity contribution in [1.29, 1.82) is 0 Å². The summed E-state index contributed by atoms with van der Waals surface area (Å²) < 4.78 is 4.28. The van der Waals surface area contributed by atoms with E-state index in [0.717, 1.165) is 22.2 Å². The molecule has 2 amide bonds. The number of amides is 2. The molecule has 0 unspecified atom stereocenters. The minimum atomic E-state index is -0.205. The highest BCUT2D eigenvalue weighted by molar-refractivity contribution is 9.10. The molecule has 8 nitrogen and oxygen atoms in total. The summed E-state index contributed by atoms with van der Waals surface area (Å²) in [7, 11) is 1.59. The first kappa shape index (κ1) is 25.8. The highest BCUT2D eigenvalue weighted by Gasteiger charge is 2.34. The Labute approximate surface area is 238 Å². The molecular weight excluding hydrogens is 582 g/mol. The Morgan fingerprint density at radius 1 is 1.13 bits per heavy atom.